The van der Waals surface area contributed by atoms with Crippen LogP contribution in [-0.4, -0.2) is 19.3 Å². The summed E-state index contributed by atoms with van der Waals surface area (Å²) >= 11 is 0. The lowest BCUT2D eigenvalue weighted by atomic mass is 10.1. The van der Waals surface area contributed by atoms with Crippen molar-refractivity contribution >= 4 is 12.4 Å². The molecule has 1 saturated carbocycles. The lowest BCUT2D eigenvalue weighted by molar-refractivity contribution is -0.0499. The summed E-state index contributed by atoms with van der Waals surface area (Å²) < 4.78 is 33.9. The molecule has 0 saturated heterocycles. The number of benzene rings is 1. The van der Waals surface area contributed by atoms with E-state index in [0.29, 0.717) is 12.7 Å². The molecular formula is C12H16ClF2NO2. The number of ether oxygens (including phenoxy) is 2. The fourth-order valence-corrected chi connectivity index (χ4v) is 1.49. The zero-order chi connectivity index (χ0) is 12.3. The quantitative estimate of drug-likeness (QED) is 0.871. The van der Waals surface area contributed by atoms with Crippen LogP contribution in [0.4, 0.5) is 8.78 Å². The van der Waals surface area contributed by atoms with Gasteiger partial charge < -0.3 is 15.2 Å². The minimum absolute atomic E-state index is 0. The van der Waals surface area contributed by atoms with Crippen LogP contribution >= 0.6 is 12.4 Å². The Morgan fingerprint density at radius 3 is 2.67 bits per heavy atom. The highest BCUT2D eigenvalue weighted by Gasteiger charge is 2.23. The van der Waals surface area contributed by atoms with Crippen molar-refractivity contribution in [2.24, 2.45) is 5.73 Å². The summed E-state index contributed by atoms with van der Waals surface area (Å²) in [7, 11) is 0. The Bertz CT molecular complexity index is 375. The maximum absolute atomic E-state index is 12.0. The lowest BCUT2D eigenvalue weighted by Crippen LogP contribution is -2.18. The predicted octanol–water partition coefficient (Wildman–Crippen LogP) is 2.89. The normalized spacial score (nSPS) is 16.2. The van der Waals surface area contributed by atoms with Crippen molar-refractivity contribution in [1.29, 1.82) is 0 Å². The van der Waals surface area contributed by atoms with Crippen LogP contribution in [0.15, 0.2) is 24.3 Å². The predicted molar refractivity (Wildman–Crippen MR) is 66.2 cm³/mol. The Hall–Kier alpha value is -0.910. The van der Waals surface area contributed by atoms with E-state index in [1.807, 2.05) is 0 Å². The van der Waals surface area contributed by atoms with Gasteiger partial charge in [0.25, 0.3) is 0 Å². The molecule has 1 fully saturated rings. The van der Waals surface area contributed by atoms with E-state index >= 15 is 0 Å². The minimum Gasteiger partial charge on any atom is -0.435 e. The summed E-state index contributed by atoms with van der Waals surface area (Å²) in [5.74, 6) is 0.124. The third kappa shape index (κ3) is 4.76. The monoisotopic (exact) mass is 279 g/mol. The van der Waals surface area contributed by atoms with Crippen LogP contribution in [0.25, 0.3) is 0 Å². The van der Waals surface area contributed by atoms with Crippen LogP contribution in [0.1, 0.15) is 24.4 Å². The van der Waals surface area contributed by atoms with Crippen molar-refractivity contribution in [3.05, 3.63) is 29.8 Å². The second-order valence-electron chi connectivity index (χ2n) is 4.09. The molecule has 0 radical (unpaired) electrons. The molecule has 6 heteroatoms. The van der Waals surface area contributed by atoms with E-state index < -0.39 is 6.61 Å². The van der Waals surface area contributed by atoms with Gasteiger partial charge in [-0.05, 0) is 30.5 Å². The Labute approximate surface area is 111 Å². The molecule has 2 rings (SSSR count). The highest BCUT2D eigenvalue weighted by molar-refractivity contribution is 5.85. The smallest absolute Gasteiger partial charge is 0.387 e. The van der Waals surface area contributed by atoms with Gasteiger partial charge >= 0.3 is 6.61 Å². The average Bonchev–Trinajstić information content (AvgIpc) is 3.09. The van der Waals surface area contributed by atoms with Crippen LogP contribution in [0.3, 0.4) is 0 Å². The Morgan fingerprint density at radius 2 is 2.06 bits per heavy atom. The fraction of sp³-hybridized carbons (Fsp3) is 0.500. The van der Waals surface area contributed by atoms with E-state index in [9.17, 15) is 8.78 Å². The van der Waals surface area contributed by atoms with Gasteiger partial charge in [-0.1, -0.05) is 12.1 Å². The maximum atomic E-state index is 12.0. The number of hydrogen-bond donors (Lipinski definition) is 1. The molecule has 18 heavy (non-hydrogen) atoms. The molecule has 0 heterocycles. The average molecular weight is 280 g/mol. The zero-order valence-corrected chi connectivity index (χ0v) is 10.5. The molecule has 0 aliphatic heterocycles. The first kappa shape index (κ1) is 15.1. The molecule has 0 aromatic heterocycles. The molecule has 1 aliphatic rings. The van der Waals surface area contributed by atoms with E-state index in [4.69, 9.17) is 10.5 Å². The molecule has 0 spiro atoms. The highest BCUT2D eigenvalue weighted by atomic mass is 35.5. The number of nitrogens with two attached hydrogens (primary N) is 1. The van der Waals surface area contributed by atoms with Gasteiger partial charge in [0.15, 0.2) is 0 Å². The summed E-state index contributed by atoms with van der Waals surface area (Å²) in [5, 5.41) is 0. The van der Waals surface area contributed by atoms with Crippen LogP contribution in [0.5, 0.6) is 5.75 Å². The van der Waals surface area contributed by atoms with E-state index in [1.165, 1.54) is 12.1 Å². The minimum atomic E-state index is -2.82. The third-order valence-electron chi connectivity index (χ3n) is 2.55. The maximum Gasteiger partial charge on any atom is 0.387 e. The van der Waals surface area contributed by atoms with Crippen molar-refractivity contribution in [3.63, 3.8) is 0 Å². The SMILES string of the molecule is Cl.NC(COC1CC1)c1cccc(OC(F)F)c1. The van der Waals surface area contributed by atoms with Gasteiger partial charge in [0.2, 0.25) is 0 Å². The van der Waals surface area contributed by atoms with Crippen molar-refractivity contribution in [2.75, 3.05) is 6.61 Å². The lowest BCUT2D eigenvalue weighted by Gasteiger charge is -2.13. The Kier molecular flexibility index (Phi) is 5.78. The molecule has 1 aliphatic carbocycles. The van der Waals surface area contributed by atoms with Gasteiger partial charge in [-0.2, -0.15) is 8.78 Å². The molecule has 3 nitrogen and oxygen atoms in total. The van der Waals surface area contributed by atoms with E-state index in [2.05, 4.69) is 4.74 Å². The number of rotatable bonds is 6. The van der Waals surface area contributed by atoms with Gasteiger partial charge in [0, 0.05) is 0 Å². The van der Waals surface area contributed by atoms with Crippen molar-refractivity contribution in [3.8, 4) is 5.75 Å². The first-order valence-electron chi connectivity index (χ1n) is 5.57. The first-order chi connectivity index (χ1) is 8.15. The highest BCUT2D eigenvalue weighted by Crippen LogP contribution is 2.26. The molecule has 102 valence electrons. The van der Waals surface area contributed by atoms with Gasteiger partial charge in [-0.25, -0.2) is 0 Å². The van der Waals surface area contributed by atoms with Gasteiger partial charge in [-0.3, -0.25) is 0 Å². The standard InChI is InChI=1S/C12H15F2NO2.ClH/c13-12(14)17-10-3-1-2-8(6-10)11(15)7-16-9-4-5-9;/h1-3,6,9,11-12H,4-5,7,15H2;1H. The largest absolute Gasteiger partial charge is 0.435 e. The van der Waals surface area contributed by atoms with Gasteiger partial charge in [0.05, 0.1) is 18.8 Å². The molecule has 1 atom stereocenters. The van der Waals surface area contributed by atoms with E-state index in [-0.39, 0.29) is 24.2 Å². The molecule has 2 N–H and O–H groups in total. The Morgan fingerprint density at radius 1 is 1.33 bits per heavy atom. The van der Waals surface area contributed by atoms with Crippen LogP contribution in [0.2, 0.25) is 0 Å². The third-order valence-corrected chi connectivity index (χ3v) is 2.55. The van der Waals surface area contributed by atoms with E-state index in [1.54, 1.807) is 12.1 Å². The first-order valence-corrected chi connectivity index (χ1v) is 5.57. The van der Waals surface area contributed by atoms with Crippen LogP contribution in [-0.2, 0) is 4.74 Å². The van der Waals surface area contributed by atoms with Crippen LogP contribution < -0.4 is 10.5 Å². The summed E-state index contributed by atoms with van der Waals surface area (Å²) in [6.07, 6.45) is 2.50. The fourth-order valence-electron chi connectivity index (χ4n) is 1.49. The second kappa shape index (κ2) is 6.87. The zero-order valence-electron chi connectivity index (χ0n) is 9.72. The van der Waals surface area contributed by atoms with E-state index in [0.717, 1.165) is 18.4 Å². The molecule has 1 aromatic carbocycles. The van der Waals surface area contributed by atoms with Crippen LogP contribution in [0, 0.1) is 0 Å². The summed E-state index contributed by atoms with van der Waals surface area (Å²) in [5.41, 5.74) is 6.64. The van der Waals surface area contributed by atoms with Crippen molar-refractivity contribution in [1.82, 2.24) is 0 Å². The molecule has 0 amide bonds. The molecule has 0 bridgehead atoms. The summed E-state index contributed by atoms with van der Waals surface area (Å²) in [6, 6.07) is 6.11. The number of halogens is 3. The molecule has 1 unspecified atom stereocenters. The summed E-state index contributed by atoms with van der Waals surface area (Å²) in [6.45, 7) is -2.41. The molecule has 1 aromatic rings. The summed E-state index contributed by atoms with van der Waals surface area (Å²) in [4.78, 5) is 0. The topological polar surface area (TPSA) is 44.5 Å². The number of alkyl halides is 2. The molecular weight excluding hydrogens is 264 g/mol. The van der Waals surface area contributed by atoms with Gasteiger partial charge in [-0.15, -0.1) is 12.4 Å². The van der Waals surface area contributed by atoms with Crippen molar-refractivity contribution in [2.45, 2.75) is 31.6 Å². The Balaban J connectivity index is 0.00000162. The van der Waals surface area contributed by atoms with Crippen molar-refractivity contribution < 1.29 is 18.3 Å². The second-order valence-corrected chi connectivity index (χ2v) is 4.09. The van der Waals surface area contributed by atoms with Gasteiger partial charge in [0.1, 0.15) is 5.75 Å². The number of hydrogen-bond acceptors (Lipinski definition) is 3.